The van der Waals surface area contributed by atoms with Gasteiger partial charge in [0, 0.05) is 44.3 Å². The number of hydrogen-bond acceptors (Lipinski definition) is 3. The van der Waals surface area contributed by atoms with Crippen LogP contribution in [-0.2, 0) is 0 Å². The fraction of sp³-hybridized carbons (Fsp3) is 0.368. The lowest BCUT2D eigenvalue weighted by Crippen LogP contribution is -2.39. The van der Waals surface area contributed by atoms with Crippen LogP contribution >= 0.6 is 11.6 Å². The number of amides is 1. The van der Waals surface area contributed by atoms with E-state index in [-0.39, 0.29) is 5.91 Å². The molecular weight excluding hydrogens is 322 g/mol. The summed E-state index contributed by atoms with van der Waals surface area (Å²) in [5.41, 5.74) is 1.91. The lowest BCUT2D eigenvalue weighted by molar-refractivity contribution is 0.0707. The molecule has 1 atom stereocenters. The van der Waals surface area contributed by atoms with Crippen molar-refractivity contribution in [2.45, 2.75) is 18.8 Å². The summed E-state index contributed by atoms with van der Waals surface area (Å²) in [6.07, 6.45) is 3.83. The van der Waals surface area contributed by atoms with Gasteiger partial charge in [0.2, 0.25) is 0 Å². The lowest BCUT2D eigenvalue weighted by Gasteiger charge is -2.33. The summed E-state index contributed by atoms with van der Waals surface area (Å²) in [6.45, 7) is 1.53. The average molecular weight is 344 g/mol. The summed E-state index contributed by atoms with van der Waals surface area (Å²) in [4.78, 5) is 21.2. The minimum Gasteiger partial charge on any atom is -0.362 e. The number of piperidine rings is 1. The number of rotatable bonds is 3. The second-order valence-electron chi connectivity index (χ2n) is 6.41. The molecule has 1 saturated heterocycles. The molecule has 1 amide bonds. The Morgan fingerprint density at radius 3 is 2.71 bits per heavy atom. The van der Waals surface area contributed by atoms with E-state index < -0.39 is 0 Å². The van der Waals surface area contributed by atoms with Crippen molar-refractivity contribution in [2.75, 3.05) is 32.1 Å². The first-order valence-electron chi connectivity index (χ1n) is 8.23. The standard InChI is InChI=1S/C19H22ClN3O/c1-22(2)18-17(6-3-11-21-18)19(24)23-12-4-5-15(13-23)14-7-9-16(20)10-8-14/h3,6-11,15H,4-5,12-13H2,1-2H3/t15-/m1/s1. The predicted octanol–water partition coefficient (Wildman–Crippen LogP) is 3.82. The molecule has 0 unspecified atom stereocenters. The highest BCUT2D eigenvalue weighted by Gasteiger charge is 2.27. The molecule has 2 heterocycles. The van der Waals surface area contributed by atoms with Crippen molar-refractivity contribution in [3.05, 3.63) is 58.7 Å². The van der Waals surface area contributed by atoms with Crippen molar-refractivity contribution in [3.8, 4) is 0 Å². The third-order valence-corrected chi connectivity index (χ3v) is 4.74. The number of likely N-dealkylation sites (tertiary alicyclic amines) is 1. The molecule has 24 heavy (non-hydrogen) atoms. The first-order valence-corrected chi connectivity index (χ1v) is 8.61. The SMILES string of the molecule is CN(C)c1ncccc1C(=O)N1CCC[C@@H](c2ccc(Cl)cc2)C1. The molecule has 0 N–H and O–H groups in total. The molecule has 1 aromatic heterocycles. The Morgan fingerprint density at radius 2 is 2.00 bits per heavy atom. The zero-order chi connectivity index (χ0) is 17.1. The third kappa shape index (κ3) is 3.54. The van der Waals surface area contributed by atoms with Crippen molar-refractivity contribution >= 4 is 23.3 Å². The number of carbonyl (C=O) groups is 1. The van der Waals surface area contributed by atoms with Gasteiger partial charge in [-0.25, -0.2) is 4.98 Å². The Morgan fingerprint density at radius 1 is 1.25 bits per heavy atom. The van der Waals surface area contributed by atoms with Crippen molar-refractivity contribution in [1.82, 2.24) is 9.88 Å². The minimum absolute atomic E-state index is 0.0606. The number of benzene rings is 1. The number of carbonyl (C=O) groups excluding carboxylic acids is 1. The highest BCUT2D eigenvalue weighted by Crippen LogP contribution is 2.29. The monoisotopic (exact) mass is 343 g/mol. The molecule has 0 bridgehead atoms. The smallest absolute Gasteiger partial charge is 0.257 e. The third-order valence-electron chi connectivity index (χ3n) is 4.49. The summed E-state index contributed by atoms with van der Waals surface area (Å²) < 4.78 is 0. The van der Waals surface area contributed by atoms with Gasteiger partial charge in [-0.1, -0.05) is 23.7 Å². The maximum absolute atomic E-state index is 13.0. The maximum Gasteiger partial charge on any atom is 0.257 e. The van der Waals surface area contributed by atoms with Gasteiger partial charge >= 0.3 is 0 Å². The van der Waals surface area contributed by atoms with Crippen molar-refractivity contribution in [1.29, 1.82) is 0 Å². The summed E-state index contributed by atoms with van der Waals surface area (Å²) in [5.74, 6) is 1.14. The van der Waals surface area contributed by atoms with Crippen LogP contribution in [0.15, 0.2) is 42.6 Å². The fourth-order valence-electron chi connectivity index (χ4n) is 3.26. The van der Waals surface area contributed by atoms with E-state index >= 15 is 0 Å². The molecule has 3 rings (SSSR count). The molecule has 1 aliphatic rings. The lowest BCUT2D eigenvalue weighted by atomic mass is 9.90. The second kappa shape index (κ2) is 7.22. The highest BCUT2D eigenvalue weighted by atomic mass is 35.5. The largest absolute Gasteiger partial charge is 0.362 e. The van der Waals surface area contributed by atoms with Gasteiger partial charge in [-0.3, -0.25) is 4.79 Å². The van der Waals surface area contributed by atoms with Crippen molar-refractivity contribution < 1.29 is 4.79 Å². The number of nitrogens with zero attached hydrogens (tertiary/aromatic N) is 3. The van der Waals surface area contributed by atoms with E-state index in [0.29, 0.717) is 11.5 Å². The van der Waals surface area contributed by atoms with Gasteiger partial charge in [0.15, 0.2) is 0 Å². The Kier molecular flexibility index (Phi) is 5.05. The van der Waals surface area contributed by atoms with Gasteiger partial charge in [-0.05, 0) is 42.7 Å². The van der Waals surface area contributed by atoms with Crippen molar-refractivity contribution in [3.63, 3.8) is 0 Å². The number of aromatic nitrogens is 1. The Bertz CT molecular complexity index is 715. The van der Waals surface area contributed by atoms with Crippen LogP contribution in [0.4, 0.5) is 5.82 Å². The second-order valence-corrected chi connectivity index (χ2v) is 6.85. The number of pyridine rings is 1. The zero-order valence-electron chi connectivity index (χ0n) is 14.1. The van der Waals surface area contributed by atoms with E-state index in [9.17, 15) is 4.79 Å². The van der Waals surface area contributed by atoms with Crippen LogP contribution in [0, 0.1) is 0 Å². The number of anilines is 1. The fourth-order valence-corrected chi connectivity index (χ4v) is 3.39. The quantitative estimate of drug-likeness (QED) is 0.850. The summed E-state index contributed by atoms with van der Waals surface area (Å²) in [7, 11) is 3.82. The average Bonchev–Trinajstić information content (AvgIpc) is 2.62. The minimum atomic E-state index is 0.0606. The summed E-state index contributed by atoms with van der Waals surface area (Å²) >= 11 is 5.98. The maximum atomic E-state index is 13.0. The molecule has 126 valence electrons. The first-order chi connectivity index (χ1) is 11.6. The summed E-state index contributed by atoms with van der Waals surface area (Å²) in [6, 6.07) is 11.6. The Hall–Kier alpha value is -2.07. The number of hydrogen-bond donors (Lipinski definition) is 0. The van der Waals surface area contributed by atoms with Gasteiger partial charge < -0.3 is 9.80 Å². The van der Waals surface area contributed by atoms with Crippen LogP contribution in [0.1, 0.15) is 34.7 Å². The van der Waals surface area contributed by atoms with E-state index in [1.54, 1.807) is 6.20 Å². The Balaban J connectivity index is 1.80. The molecule has 0 spiro atoms. The van der Waals surface area contributed by atoms with Crippen LogP contribution in [0.2, 0.25) is 5.02 Å². The van der Waals surface area contributed by atoms with Crippen LogP contribution in [0.5, 0.6) is 0 Å². The van der Waals surface area contributed by atoms with E-state index in [4.69, 9.17) is 11.6 Å². The molecule has 0 saturated carbocycles. The Labute approximate surface area is 148 Å². The van der Waals surface area contributed by atoms with Gasteiger partial charge in [0.1, 0.15) is 5.82 Å². The van der Waals surface area contributed by atoms with Gasteiger partial charge in [-0.2, -0.15) is 0 Å². The van der Waals surface area contributed by atoms with Gasteiger partial charge in [0.25, 0.3) is 5.91 Å². The number of halogens is 1. The molecular formula is C19H22ClN3O. The molecule has 1 aromatic carbocycles. The van der Waals surface area contributed by atoms with Crippen molar-refractivity contribution in [2.24, 2.45) is 0 Å². The highest BCUT2D eigenvalue weighted by molar-refractivity contribution is 6.30. The molecule has 4 nitrogen and oxygen atoms in total. The van der Waals surface area contributed by atoms with E-state index in [1.807, 2.05) is 48.2 Å². The topological polar surface area (TPSA) is 36.4 Å². The van der Waals surface area contributed by atoms with E-state index in [2.05, 4.69) is 17.1 Å². The zero-order valence-corrected chi connectivity index (χ0v) is 14.8. The normalized spacial score (nSPS) is 17.6. The van der Waals surface area contributed by atoms with E-state index in [0.717, 1.165) is 36.8 Å². The molecule has 0 radical (unpaired) electrons. The van der Waals surface area contributed by atoms with Gasteiger partial charge in [-0.15, -0.1) is 0 Å². The molecule has 1 aliphatic heterocycles. The summed E-state index contributed by atoms with van der Waals surface area (Å²) in [5, 5.41) is 0.744. The molecule has 5 heteroatoms. The van der Waals surface area contributed by atoms with Crippen LogP contribution in [0.3, 0.4) is 0 Å². The van der Waals surface area contributed by atoms with Crippen LogP contribution < -0.4 is 4.90 Å². The van der Waals surface area contributed by atoms with Gasteiger partial charge in [0.05, 0.1) is 5.56 Å². The van der Waals surface area contributed by atoms with Crippen LogP contribution in [0.25, 0.3) is 0 Å². The predicted molar refractivity (Wildman–Crippen MR) is 97.9 cm³/mol. The first kappa shape index (κ1) is 16.8. The molecule has 2 aromatic rings. The van der Waals surface area contributed by atoms with E-state index in [1.165, 1.54) is 5.56 Å². The van der Waals surface area contributed by atoms with Crippen LogP contribution in [-0.4, -0.2) is 43.0 Å². The molecule has 1 fully saturated rings. The molecule has 0 aliphatic carbocycles.